The van der Waals surface area contributed by atoms with E-state index in [1.165, 1.54) is 38.8 Å². The fourth-order valence-corrected chi connectivity index (χ4v) is 3.01. The van der Waals surface area contributed by atoms with Crippen LogP contribution in [-0.4, -0.2) is 30.6 Å². The fraction of sp³-hybridized carbons (Fsp3) is 1.00. The lowest BCUT2D eigenvalue weighted by molar-refractivity contribution is 0.205. The Balaban J connectivity index is 1.85. The van der Waals surface area contributed by atoms with E-state index < -0.39 is 0 Å². The summed E-state index contributed by atoms with van der Waals surface area (Å²) in [4.78, 5) is 2.69. The molecule has 2 nitrogen and oxygen atoms in total. The molecule has 2 N–H and O–H groups in total. The molecule has 14 heavy (non-hydrogen) atoms. The van der Waals surface area contributed by atoms with E-state index in [9.17, 15) is 0 Å². The van der Waals surface area contributed by atoms with E-state index in [2.05, 4.69) is 18.7 Å². The van der Waals surface area contributed by atoms with Crippen molar-refractivity contribution in [3.8, 4) is 0 Å². The summed E-state index contributed by atoms with van der Waals surface area (Å²) >= 11 is 0. The number of hydrogen-bond donors (Lipinski definition) is 1. The highest BCUT2D eigenvalue weighted by molar-refractivity contribution is 4.97. The molecule has 1 heterocycles. The van der Waals surface area contributed by atoms with Crippen molar-refractivity contribution in [2.45, 2.75) is 45.6 Å². The van der Waals surface area contributed by atoms with Gasteiger partial charge in [-0.3, -0.25) is 4.90 Å². The summed E-state index contributed by atoms with van der Waals surface area (Å²) in [5.41, 5.74) is 6.30. The summed E-state index contributed by atoms with van der Waals surface area (Å²) in [5, 5.41) is 0. The van der Waals surface area contributed by atoms with Crippen molar-refractivity contribution >= 4 is 0 Å². The summed E-state index contributed by atoms with van der Waals surface area (Å²) in [7, 11) is 0. The molecule has 2 fully saturated rings. The van der Waals surface area contributed by atoms with E-state index in [0.717, 1.165) is 18.5 Å². The van der Waals surface area contributed by atoms with Crippen LogP contribution < -0.4 is 5.73 Å². The number of rotatable bonds is 4. The molecular formula is C12H24N2. The molecule has 82 valence electrons. The van der Waals surface area contributed by atoms with Crippen molar-refractivity contribution < 1.29 is 0 Å². The van der Waals surface area contributed by atoms with Crippen molar-refractivity contribution in [1.29, 1.82) is 0 Å². The summed E-state index contributed by atoms with van der Waals surface area (Å²) in [6.45, 7) is 8.25. The van der Waals surface area contributed by atoms with Crippen molar-refractivity contribution in [2.75, 3.05) is 19.6 Å². The van der Waals surface area contributed by atoms with Crippen molar-refractivity contribution in [1.82, 2.24) is 4.90 Å². The molecule has 0 aromatic carbocycles. The highest BCUT2D eigenvalue weighted by Crippen LogP contribution is 2.49. The molecule has 2 atom stereocenters. The van der Waals surface area contributed by atoms with Crippen LogP contribution in [0.5, 0.6) is 0 Å². The first-order valence-corrected chi connectivity index (χ1v) is 6.09. The Kier molecular flexibility index (Phi) is 2.85. The number of hydrogen-bond acceptors (Lipinski definition) is 2. The first kappa shape index (κ1) is 10.4. The van der Waals surface area contributed by atoms with Crippen molar-refractivity contribution in [3.05, 3.63) is 0 Å². The molecule has 0 amide bonds. The van der Waals surface area contributed by atoms with E-state index in [4.69, 9.17) is 5.73 Å². The fourth-order valence-electron chi connectivity index (χ4n) is 3.01. The first-order chi connectivity index (χ1) is 6.65. The zero-order valence-corrected chi connectivity index (χ0v) is 9.63. The Labute approximate surface area is 87.8 Å². The van der Waals surface area contributed by atoms with Crippen LogP contribution in [-0.2, 0) is 0 Å². The summed E-state index contributed by atoms with van der Waals surface area (Å²) in [6.07, 6.45) is 5.47. The normalized spacial score (nSPS) is 36.2. The van der Waals surface area contributed by atoms with E-state index in [-0.39, 0.29) is 0 Å². The average Bonchev–Trinajstić information content (AvgIpc) is 2.77. The van der Waals surface area contributed by atoms with Gasteiger partial charge in [0.05, 0.1) is 0 Å². The van der Waals surface area contributed by atoms with Gasteiger partial charge in [-0.1, -0.05) is 6.92 Å². The molecular weight excluding hydrogens is 172 g/mol. The van der Waals surface area contributed by atoms with Gasteiger partial charge in [-0.25, -0.2) is 0 Å². The quantitative estimate of drug-likeness (QED) is 0.743. The topological polar surface area (TPSA) is 29.3 Å². The lowest BCUT2D eigenvalue weighted by Gasteiger charge is -2.26. The minimum absolute atomic E-state index is 0.632. The molecule has 1 aliphatic carbocycles. The van der Waals surface area contributed by atoms with Gasteiger partial charge < -0.3 is 5.73 Å². The van der Waals surface area contributed by atoms with Crippen LogP contribution in [0.25, 0.3) is 0 Å². The van der Waals surface area contributed by atoms with E-state index in [1.54, 1.807) is 0 Å². The number of nitrogens with two attached hydrogens (primary N) is 1. The minimum atomic E-state index is 0.632. The third kappa shape index (κ3) is 2.12. The molecule has 1 aliphatic heterocycles. The van der Waals surface area contributed by atoms with E-state index in [0.29, 0.717) is 5.41 Å². The summed E-state index contributed by atoms with van der Waals surface area (Å²) < 4.78 is 0. The zero-order chi connectivity index (χ0) is 10.2. The highest BCUT2D eigenvalue weighted by atomic mass is 15.2. The van der Waals surface area contributed by atoms with Crippen molar-refractivity contribution in [2.24, 2.45) is 17.1 Å². The maximum atomic E-state index is 5.67. The maximum absolute atomic E-state index is 5.67. The Hall–Kier alpha value is -0.0800. The lowest BCUT2D eigenvalue weighted by Crippen LogP contribution is -2.34. The number of nitrogens with zero attached hydrogens (tertiary/aromatic N) is 1. The molecule has 0 bridgehead atoms. The van der Waals surface area contributed by atoms with Crippen LogP contribution in [0.4, 0.5) is 0 Å². The molecule has 1 saturated heterocycles. The molecule has 2 unspecified atom stereocenters. The van der Waals surface area contributed by atoms with Gasteiger partial charge in [0.25, 0.3) is 0 Å². The van der Waals surface area contributed by atoms with E-state index in [1.807, 2.05) is 0 Å². The molecule has 2 aliphatic rings. The van der Waals surface area contributed by atoms with Gasteiger partial charge in [-0.05, 0) is 50.5 Å². The standard InChI is InChI=1S/C12H24N2/c1-10-7-11(2)14(8-10)9-12(3-4-12)5-6-13/h10-11H,3-9,13H2,1-2H3. The van der Waals surface area contributed by atoms with Gasteiger partial charge in [0, 0.05) is 19.1 Å². The van der Waals surface area contributed by atoms with Crippen LogP contribution >= 0.6 is 0 Å². The zero-order valence-electron chi connectivity index (χ0n) is 9.63. The van der Waals surface area contributed by atoms with Crippen LogP contribution in [0.2, 0.25) is 0 Å². The smallest absolute Gasteiger partial charge is 0.00702 e. The van der Waals surface area contributed by atoms with Crippen LogP contribution in [0, 0.1) is 11.3 Å². The number of likely N-dealkylation sites (tertiary alicyclic amines) is 1. The van der Waals surface area contributed by atoms with Gasteiger partial charge in [-0.15, -0.1) is 0 Å². The third-order valence-electron chi connectivity index (χ3n) is 4.08. The first-order valence-electron chi connectivity index (χ1n) is 6.09. The van der Waals surface area contributed by atoms with Crippen LogP contribution in [0.1, 0.15) is 39.5 Å². The molecule has 2 heteroatoms. The van der Waals surface area contributed by atoms with Gasteiger partial charge >= 0.3 is 0 Å². The van der Waals surface area contributed by atoms with E-state index >= 15 is 0 Å². The largest absolute Gasteiger partial charge is 0.330 e. The third-order valence-corrected chi connectivity index (χ3v) is 4.08. The van der Waals surface area contributed by atoms with Gasteiger partial charge in [0.15, 0.2) is 0 Å². The lowest BCUT2D eigenvalue weighted by atomic mass is 10.0. The Morgan fingerprint density at radius 1 is 1.36 bits per heavy atom. The molecule has 1 saturated carbocycles. The predicted molar refractivity (Wildman–Crippen MR) is 60.2 cm³/mol. The Morgan fingerprint density at radius 2 is 2.07 bits per heavy atom. The maximum Gasteiger partial charge on any atom is 0.00702 e. The van der Waals surface area contributed by atoms with Crippen LogP contribution in [0.3, 0.4) is 0 Å². The summed E-state index contributed by atoms with van der Waals surface area (Å²) in [5.74, 6) is 0.902. The highest BCUT2D eigenvalue weighted by Gasteiger charge is 2.44. The van der Waals surface area contributed by atoms with Gasteiger partial charge in [-0.2, -0.15) is 0 Å². The monoisotopic (exact) mass is 196 g/mol. The second kappa shape index (κ2) is 3.82. The van der Waals surface area contributed by atoms with Gasteiger partial charge in [0.2, 0.25) is 0 Å². The van der Waals surface area contributed by atoms with Crippen LogP contribution in [0.15, 0.2) is 0 Å². The van der Waals surface area contributed by atoms with Crippen molar-refractivity contribution in [3.63, 3.8) is 0 Å². The Bertz CT molecular complexity index is 198. The molecule has 2 rings (SSSR count). The molecule has 0 aromatic heterocycles. The second-order valence-electron chi connectivity index (χ2n) is 5.66. The Morgan fingerprint density at radius 3 is 2.50 bits per heavy atom. The SMILES string of the molecule is CC1CC(C)N(CC2(CCN)CC2)C1. The molecule has 0 radical (unpaired) electrons. The second-order valence-corrected chi connectivity index (χ2v) is 5.66. The minimum Gasteiger partial charge on any atom is -0.330 e. The summed E-state index contributed by atoms with van der Waals surface area (Å²) in [6, 6.07) is 0.806. The molecule has 0 aromatic rings. The molecule has 0 spiro atoms. The van der Waals surface area contributed by atoms with Gasteiger partial charge in [0.1, 0.15) is 0 Å². The predicted octanol–water partition coefficient (Wildman–Crippen LogP) is 1.85. The average molecular weight is 196 g/mol.